The summed E-state index contributed by atoms with van der Waals surface area (Å²) in [5.41, 5.74) is 6.98. The molecule has 0 spiro atoms. The van der Waals surface area contributed by atoms with Crippen LogP contribution in [0.15, 0.2) is 30.3 Å². The molecule has 0 radical (unpaired) electrons. The first kappa shape index (κ1) is 13.7. The van der Waals surface area contributed by atoms with E-state index in [1.54, 1.807) is 0 Å². The van der Waals surface area contributed by atoms with Crippen LogP contribution in [0.3, 0.4) is 0 Å². The lowest BCUT2D eigenvalue weighted by molar-refractivity contribution is -0.124. The van der Waals surface area contributed by atoms with Gasteiger partial charge in [-0.3, -0.25) is 4.79 Å². The number of nitrogens with one attached hydrogen (secondary N) is 1. The van der Waals surface area contributed by atoms with Crippen LogP contribution in [-0.4, -0.2) is 11.9 Å². The topological polar surface area (TPSA) is 55.1 Å². The highest BCUT2D eigenvalue weighted by atomic mass is 16.2. The average Bonchev–Trinajstić information content (AvgIpc) is 2.37. The summed E-state index contributed by atoms with van der Waals surface area (Å²) in [5.74, 6) is 0.133. The minimum absolute atomic E-state index is 0.00111. The summed E-state index contributed by atoms with van der Waals surface area (Å²) in [6, 6.07) is 9.46. The Morgan fingerprint density at radius 1 is 1.29 bits per heavy atom. The molecule has 0 aliphatic heterocycles. The van der Waals surface area contributed by atoms with Crippen molar-refractivity contribution in [2.45, 2.75) is 39.3 Å². The molecule has 0 aliphatic carbocycles. The van der Waals surface area contributed by atoms with Gasteiger partial charge in [-0.2, -0.15) is 0 Å². The fraction of sp³-hybridized carbons (Fsp3) is 0.500. The van der Waals surface area contributed by atoms with Crippen LogP contribution < -0.4 is 11.1 Å². The van der Waals surface area contributed by atoms with E-state index >= 15 is 0 Å². The lowest BCUT2D eigenvalue weighted by Gasteiger charge is -2.21. The van der Waals surface area contributed by atoms with Gasteiger partial charge in [0.05, 0.1) is 12.1 Å². The third-order valence-electron chi connectivity index (χ3n) is 3.22. The predicted molar refractivity (Wildman–Crippen MR) is 70.4 cm³/mol. The standard InChI is InChI=1S/C14H22N2O/c1-4-10(2)13(15)14(17)16-11(3)12-8-6-5-7-9-12/h5-11,13H,4,15H2,1-3H3,(H,16,17)/t10-,11+,13-/m1/s1. The van der Waals surface area contributed by atoms with Crippen LogP contribution in [0.2, 0.25) is 0 Å². The highest BCUT2D eigenvalue weighted by molar-refractivity contribution is 5.82. The van der Waals surface area contributed by atoms with Crippen molar-refractivity contribution >= 4 is 5.91 Å². The molecular weight excluding hydrogens is 212 g/mol. The van der Waals surface area contributed by atoms with Crippen LogP contribution in [0.25, 0.3) is 0 Å². The predicted octanol–water partition coefficient (Wildman–Crippen LogP) is 2.24. The number of nitrogens with two attached hydrogens (primary N) is 1. The first-order valence-electron chi connectivity index (χ1n) is 6.17. The van der Waals surface area contributed by atoms with Gasteiger partial charge in [0.2, 0.25) is 5.91 Å². The van der Waals surface area contributed by atoms with Crippen LogP contribution in [-0.2, 0) is 4.79 Å². The van der Waals surface area contributed by atoms with Crippen molar-refractivity contribution in [3.05, 3.63) is 35.9 Å². The van der Waals surface area contributed by atoms with Crippen molar-refractivity contribution in [3.8, 4) is 0 Å². The van der Waals surface area contributed by atoms with Gasteiger partial charge in [0, 0.05) is 0 Å². The van der Waals surface area contributed by atoms with E-state index in [4.69, 9.17) is 5.73 Å². The molecule has 0 saturated carbocycles. The minimum atomic E-state index is -0.425. The van der Waals surface area contributed by atoms with Gasteiger partial charge in [-0.1, -0.05) is 50.6 Å². The van der Waals surface area contributed by atoms with E-state index in [9.17, 15) is 4.79 Å². The SMILES string of the molecule is CC[C@@H](C)[C@@H](N)C(=O)N[C@@H](C)c1ccccc1. The lowest BCUT2D eigenvalue weighted by atomic mass is 9.98. The maximum absolute atomic E-state index is 11.9. The molecule has 0 heterocycles. The zero-order valence-electron chi connectivity index (χ0n) is 10.8. The normalized spacial score (nSPS) is 16.0. The number of hydrogen-bond acceptors (Lipinski definition) is 2. The molecule has 0 aliphatic rings. The molecule has 3 heteroatoms. The van der Waals surface area contributed by atoms with E-state index in [0.717, 1.165) is 12.0 Å². The number of carbonyl (C=O) groups is 1. The van der Waals surface area contributed by atoms with E-state index in [2.05, 4.69) is 5.32 Å². The van der Waals surface area contributed by atoms with Crippen LogP contribution >= 0.6 is 0 Å². The number of benzene rings is 1. The van der Waals surface area contributed by atoms with Gasteiger partial charge in [0.25, 0.3) is 0 Å². The minimum Gasteiger partial charge on any atom is -0.348 e. The second-order valence-electron chi connectivity index (χ2n) is 4.55. The van der Waals surface area contributed by atoms with Crippen LogP contribution in [0, 0.1) is 5.92 Å². The molecular formula is C14H22N2O. The number of rotatable bonds is 5. The van der Waals surface area contributed by atoms with Crippen LogP contribution in [0.4, 0.5) is 0 Å². The third-order valence-corrected chi connectivity index (χ3v) is 3.22. The molecule has 0 saturated heterocycles. The first-order valence-corrected chi connectivity index (χ1v) is 6.17. The molecule has 1 rings (SSSR count). The second-order valence-corrected chi connectivity index (χ2v) is 4.55. The molecule has 3 atom stereocenters. The molecule has 0 bridgehead atoms. The van der Waals surface area contributed by atoms with E-state index in [1.807, 2.05) is 51.1 Å². The summed E-state index contributed by atoms with van der Waals surface area (Å²) >= 11 is 0. The molecule has 3 N–H and O–H groups in total. The zero-order chi connectivity index (χ0) is 12.8. The van der Waals surface area contributed by atoms with E-state index < -0.39 is 6.04 Å². The van der Waals surface area contributed by atoms with Crippen LogP contribution in [0.5, 0.6) is 0 Å². The molecule has 94 valence electrons. The monoisotopic (exact) mass is 234 g/mol. The highest BCUT2D eigenvalue weighted by Gasteiger charge is 2.20. The van der Waals surface area contributed by atoms with Crippen molar-refractivity contribution in [2.24, 2.45) is 11.7 Å². The Morgan fingerprint density at radius 2 is 1.88 bits per heavy atom. The molecule has 1 amide bonds. The molecule has 3 nitrogen and oxygen atoms in total. The summed E-state index contributed by atoms with van der Waals surface area (Å²) in [6.45, 7) is 6.01. The fourth-order valence-corrected chi connectivity index (χ4v) is 1.65. The van der Waals surface area contributed by atoms with Gasteiger partial charge in [0.1, 0.15) is 0 Å². The molecule has 0 fully saturated rings. The number of hydrogen-bond donors (Lipinski definition) is 2. The third kappa shape index (κ3) is 3.86. The Bertz CT molecular complexity index is 350. The van der Waals surface area contributed by atoms with Crippen LogP contribution in [0.1, 0.15) is 38.8 Å². The second kappa shape index (κ2) is 6.40. The van der Waals surface area contributed by atoms with Crippen molar-refractivity contribution in [2.75, 3.05) is 0 Å². The van der Waals surface area contributed by atoms with Crippen molar-refractivity contribution in [1.82, 2.24) is 5.32 Å². The van der Waals surface area contributed by atoms with Gasteiger partial charge in [0.15, 0.2) is 0 Å². The molecule has 0 aromatic heterocycles. The Morgan fingerprint density at radius 3 is 2.41 bits per heavy atom. The van der Waals surface area contributed by atoms with Gasteiger partial charge >= 0.3 is 0 Å². The molecule has 0 unspecified atom stereocenters. The van der Waals surface area contributed by atoms with E-state index in [1.165, 1.54) is 0 Å². The smallest absolute Gasteiger partial charge is 0.237 e. The number of carbonyl (C=O) groups excluding carboxylic acids is 1. The molecule has 1 aromatic rings. The van der Waals surface area contributed by atoms with Crippen molar-refractivity contribution < 1.29 is 4.79 Å². The van der Waals surface area contributed by atoms with E-state index in [0.29, 0.717) is 0 Å². The quantitative estimate of drug-likeness (QED) is 0.821. The summed E-state index contributed by atoms with van der Waals surface area (Å²) in [7, 11) is 0. The Labute approximate surface area is 103 Å². The Kier molecular flexibility index (Phi) is 5.16. The average molecular weight is 234 g/mol. The van der Waals surface area contributed by atoms with Crippen molar-refractivity contribution in [3.63, 3.8) is 0 Å². The van der Waals surface area contributed by atoms with Crippen molar-refractivity contribution in [1.29, 1.82) is 0 Å². The molecule has 1 aromatic carbocycles. The fourth-order valence-electron chi connectivity index (χ4n) is 1.65. The van der Waals surface area contributed by atoms with Gasteiger partial charge in [-0.25, -0.2) is 0 Å². The summed E-state index contributed by atoms with van der Waals surface area (Å²) < 4.78 is 0. The first-order chi connectivity index (χ1) is 8.06. The van der Waals surface area contributed by atoms with Gasteiger partial charge in [-0.05, 0) is 18.4 Å². The number of amides is 1. The summed E-state index contributed by atoms with van der Waals surface area (Å²) in [4.78, 5) is 11.9. The van der Waals surface area contributed by atoms with E-state index in [-0.39, 0.29) is 17.9 Å². The lowest BCUT2D eigenvalue weighted by Crippen LogP contribution is -2.45. The largest absolute Gasteiger partial charge is 0.348 e. The molecule has 17 heavy (non-hydrogen) atoms. The summed E-state index contributed by atoms with van der Waals surface area (Å²) in [6.07, 6.45) is 0.911. The Hall–Kier alpha value is -1.35. The maximum atomic E-state index is 11.9. The maximum Gasteiger partial charge on any atom is 0.237 e. The summed E-state index contributed by atoms with van der Waals surface area (Å²) in [5, 5.41) is 2.95. The van der Waals surface area contributed by atoms with Gasteiger partial charge < -0.3 is 11.1 Å². The zero-order valence-corrected chi connectivity index (χ0v) is 10.8. The van der Waals surface area contributed by atoms with Gasteiger partial charge in [-0.15, -0.1) is 0 Å². The Balaban J connectivity index is 2.57. The highest BCUT2D eigenvalue weighted by Crippen LogP contribution is 2.12.